The highest BCUT2D eigenvalue weighted by molar-refractivity contribution is 7.11. The second-order valence-electron chi connectivity index (χ2n) is 11.3. The number of allylic oxidation sites excluding steroid dienone is 10. The van der Waals surface area contributed by atoms with E-state index < -0.39 is 0 Å². The van der Waals surface area contributed by atoms with E-state index >= 15 is 0 Å². The van der Waals surface area contributed by atoms with E-state index in [9.17, 15) is 0 Å². The van der Waals surface area contributed by atoms with Crippen LogP contribution in [0.25, 0.3) is 11.1 Å². The number of hydrogen-bond acceptors (Lipinski definition) is 2. The third-order valence-corrected chi connectivity index (χ3v) is 11.8. The van der Waals surface area contributed by atoms with E-state index in [4.69, 9.17) is 0 Å². The average molecular weight is 453 g/mol. The Hall–Kier alpha value is -1.90. The molecule has 2 spiro atoms. The largest absolute Gasteiger partial charge is 0.144 e. The maximum absolute atomic E-state index is 2.69. The molecule has 2 aromatic heterocycles. The Bertz CT molecular complexity index is 1260. The molecule has 0 saturated carbocycles. The summed E-state index contributed by atoms with van der Waals surface area (Å²) in [5.41, 5.74) is 13.8. The minimum absolute atomic E-state index is 0.369. The normalized spacial score (nSPS) is 38.2. The topological polar surface area (TPSA) is 0 Å². The van der Waals surface area contributed by atoms with Gasteiger partial charge in [0, 0.05) is 32.4 Å². The zero-order chi connectivity index (χ0) is 21.2. The summed E-state index contributed by atoms with van der Waals surface area (Å²) in [6, 6.07) is 4.78. The van der Waals surface area contributed by atoms with E-state index in [2.05, 4.69) is 61.0 Å². The van der Waals surface area contributed by atoms with Crippen molar-refractivity contribution in [1.82, 2.24) is 0 Å². The Morgan fingerprint density at radius 3 is 1.66 bits per heavy atom. The molecule has 2 aromatic rings. The van der Waals surface area contributed by atoms with E-state index in [1.807, 2.05) is 22.7 Å². The Balaban J connectivity index is 1.41. The van der Waals surface area contributed by atoms with Crippen LogP contribution in [-0.2, 0) is 12.8 Å². The molecular formula is C30H28S2. The third kappa shape index (κ3) is 2.14. The van der Waals surface area contributed by atoms with Gasteiger partial charge >= 0.3 is 0 Å². The molecule has 0 nitrogen and oxygen atoms in total. The van der Waals surface area contributed by atoms with Gasteiger partial charge in [0.15, 0.2) is 0 Å². The van der Waals surface area contributed by atoms with Crippen LogP contribution < -0.4 is 0 Å². The fraction of sp³-hybridized carbons (Fsp3) is 0.400. The van der Waals surface area contributed by atoms with Gasteiger partial charge in [-0.3, -0.25) is 0 Å². The molecule has 2 heteroatoms. The lowest BCUT2D eigenvalue weighted by atomic mass is 9.57. The van der Waals surface area contributed by atoms with Gasteiger partial charge in [0.1, 0.15) is 0 Å². The van der Waals surface area contributed by atoms with Crippen molar-refractivity contribution in [2.24, 2.45) is 22.7 Å². The Morgan fingerprint density at radius 2 is 1.19 bits per heavy atom. The molecule has 6 aliphatic rings. The van der Waals surface area contributed by atoms with Crippen LogP contribution in [0.5, 0.6) is 0 Å². The van der Waals surface area contributed by atoms with Crippen LogP contribution >= 0.6 is 22.7 Å². The summed E-state index contributed by atoms with van der Waals surface area (Å²) in [5, 5.41) is 4.62. The highest BCUT2D eigenvalue weighted by Crippen LogP contribution is 2.65. The van der Waals surface area contributed by atoms with E-state index in [0.717, 1.165) is 0 Å². The zero-order valence-electron chi connectivity index (χ0n) is 18.8. The molecule has 160 valence electrons. The predicted octanol–water partition coefficient (Wildman–Crippen LogP) is 8.40. The van der Waals surface area contributed by atoms with Gasteiger partial charge in [-0.1, -0.05) is 35.5 Å². The molecule has 8 rings (SSSR count). The van der Waals surface area contributed by atoms with Gasteiger partial charge in [-0.05, 0) is 109 Å². The fourth-order valence-electron chi connectivity index (χ4n) is 8.05. The van der Waals surface area contributed by atoms with E-state index in [1.165, 1.54) is 38.5 Å². The van der Waals surface area contributed by atoms with Gasteiger partial charge in [0.2, 0.25) is 0 Å². The summed E-state index contributed by atoms with van der Waals surface area (Å²) in [6.45, 7) is 4.80. The van der Waals surface area contributed by atoms with Crippen LogP contribution in [0.1, 0.15) is 60.4 Å². The van der Waals surface area contributed by atoms with Gasteiger partial charge in [-0.25, -0.2) is 0 Å². The van der Waals surface area contributed by atoms with Crippen LogP contribution in [0, 0.1) is 22.7 Å². The molecule has 0 fully saturated rings. The standard InChI is InChI=1S/C30H28S2/c1-17-3-7-29-13-19-5-9-31-27(19)25(29)11-21(23(17)15-29)22-12-26-28-20(6-10-32-28)14-30(26)8-4-18(2)24(22)16-30/h3-6,9-12,23-24H,7-8,13-16H2,1-2H3/b22-21-. The first-order valence-electron chi connectivity index (χ1n) is 12.2. The third-order valence-electron chi connectivity index (χ3n) is 9.79. The Morgan fingerprint density at radius 1 is 0.719 bits per heavy atom. The van der Waals surface area contributed by atoms with Crippen molar-refractivity contribution < 1.29 is 0 Å². The number of hydrogen-bond donors (Lipinski definition) is 0. The van der Waals surface area contributed by atoms with Crippen molar-refractivity contribution in [2.75, 3.05) is 0 Å². The van der Waals surface area contributed by atoms with E-state index in [-0.39, 0.29) is 0 Å². The molecule has 0 radical (unpaired) electrons. The lowest BCUT2D eigenvalue weighted by Crippen LogP contribution is -2.35. The highest BCUT2D eigenvalue weighted by Gasteiger charge is 2.52. The minimum Gasteiger partial charge on any atom is -0.144 e. The molecule has 0 aromatic carbocycles. The molecule has 4 unspecified atom stereocenters. The Kier molecular flexibility index (Phi) is 3.45. The van der Waals surface area contributed by atoms with Crippen LogP contribution in [0.15, 0.2) is 69.5 Å². The number of fused-ring (bicyclic) bond motifs is 6. The van der Waals surface area contributed by atoms with Crippen LogP contribution in [0.4, 0.5) is 0 Å². The second-order valence-corrected chi connectivity index (χ2v) is 13.1. The summed E-state index contributed by atoms with van der Waals surface area (Å²) >= 11 is 3.95. The molecule has 4 atom stereocenters. The lowest BCUT2D eigenvalue weighted by molar-refractivity contribution is 0.303. The van der Waals surface area contributed by atoms with Gasteiger partial charge in [0.05, 0.1) is 0 Å². The molecule has 0 saturated heterocycles. The first-order valence-corrected chi connectivity index (χ1v) is 14.0. The molecular weight excluding hydrogens is 424 g/mol. The van der Waals surface area contributed by atoms with Crippen molar-refractivity contribution in [2.45, 2.75) is 52.4 Å². The van der Waals surface area contributed by atoms with Crippen molar-refractivity contribution in [3.05, 3.63) is 90.4 Å². The monoisotopic (exact) mass is 452 g/mol. The lowest BCUT2D eigenvalue weighted by Gasteiger charge is -2.47. The molecule has 32 heavy (non-hydrogen) atoms. The minimum atomic E-state index is 0.369. The molecule has 0 amide bonds. The summed E-state index contributed by atoms with van der Waals surface area (Å²) in [6.07, 6.45) is 18.2. The highest BCUT2D eigenvalue weighted by atomic mass is 32.1. The number of rotatable bonds is 0. The molecule has 0 N–H and O–H groups in total. The quantitative estimate of drug-likeness (QED) is 0.352. The summed E-state index contributed by atoms with van der Waals surface area (Å²) in [4.78, 5) is 3.18. The predicted molar refractivity (Wildman–Crippen MR) is 137 cm³/mol. The first kappa shape index (κ1) is 18.5. The van der Waals surface area contributed by atoms with E-state index in [0.29, 0.717) is 22.7 Å². The fourth-order valence-corrected chi connectivity index (χ4v) is 10.2. The van der Waals surface area contributed by atoms with E-state index in [1.54, 1.807) is 54.3 Å². The molecule has 0 aliphatic heterocycles. The van der Waals surface area contributed by atoms with Gasteiger partial charge in [0.25, 0.3) is 0 Å². The summed E-state index contributed by atoms with van der Waals surface area (Å²) in [7, 11) is 0. The van der Waals surface area contributed by atoms with Crippen molar-refractivity contribution in [3.8, 4) is 0 Å². The zero-order valence-corrected chi connectivity index (χ0v) is 20.5. The maximum atomic E-state index is 2.69. The smallest absolute Gasteiger partial charge is 0.0340 e. The van der Waals surface area contributed by atoms with Gasteiger partial charge in [-0.15, -0.1) is 22.7 Å². The van der Waals surface area contributed by atoms with Crippen LogP contribution in [0.2, 0.25) is 0 Å². The van der Waals surface area contributed by atoms with Crippen molar-refractivity contribution in [1.29, 1.82) is 0 Å². The molecule has 4 bridgehead atoms. The van der Waals surface area contributed by atoms with Crippen molar-refractivity contribution >= 4 is 33.8 Å². The Labute approximate surface area is 198 Å². The first-order chi connectivity index (χ1) is 15.6. The molecule has 6 aliphatic carbocycles. The summed E-state index contributed by atoms with van der Waals surface area (Å²) in [5.74, 6) is 1.19. The van der Waals surface area contributed by atoms with Gasteiger partial charge in [-0.2, -0.15) is 0 Å². The molecule has 2 heterocycles. The van der Waals surface area contributed by atoms with Crippen LogP contribution in [-0.4, -0.2) is 0 Å². The SMILES string of the molecule is CC1=CCC23Cc4ccsc4C2=C/C(=C2\C=C4c5sccc5CC45CC=C(C)C2C5)C1C3. The average Bonchev–Trinajstić information content (AvgIpc) is 3.53. The second kappa shape index (κ2) is 5.96. The van der Waals surface area contributed by atoms with Gasteiger partial charge < -0.3 is 0 Å². The van der Waals surface area contributed by atoms with Crippen LogP contribution in [0.3, 0.4) is 0 Å². The van der Waals surface area contributed by atoms with Crippen molar-refractivity contribution in [3.63, 3.8) is 0 Å². The maximum Gasteiger partial charge on any atom is 0.0340 e. The summed E-state index contributed by atoms with van der Waals surface area (Å²) < 4.78 is 0. The number of thiophene rings is 2.